The quantitative estimate of drug-likeness (QED) is 0.882. The molecule has 1 aromatic rings. The Bertz CT molecular complexity index is 442. The molecule has 3 heteroatoms. The summed E-state index contributed by atoms with van der Waals surface area (Å²) in [6.45, 7) is 10.4. The fraction of sp³-hybridized carbons (Fsp3) is 0.500. The largest absolute Gasteiger partial charge is 0.359 e. The van der Waals surface area contributed by atoms with E-state index < -0.39 is 0 Å². The summed E-state index contributed by atoms with van der Waals surface area (Å²) >= 11 is 0. The Morgan fingerprint density at radius 1 is 1.05 bits per heavy atom. The second-order valence-corrected chi connectivity index (χ2v) is 5.52. The molecule has 0 aliphatic carbocycles. The average molecular weight is 259 g/mol. The van der Waals surface area contributed by atoms with Crippen LogP contribution in [0.2, 0.25) is 0 Å². The van der Waals surface area contributed by atoms with E-state index in [1.807, 2.05) is 0 Å². The van der Waals surface area contributed by atoms with Gasteiger partial charge in [0.05, 0.1) is 6.67 Å². The standard InChI is InChI=1S/C16H25N3/c1-13-9-14(2)16(15(3)10-13)11-19-8-7-18(12-19)6-4-5-17/h7-10H,4-6,11-12,17H2,1-3H3. The molecule has 0 saturated heterocycles. The van der Waals surface area contributed by atoms with Crippen LogP contribution in [0.4, 0.5) is 0 Å². The molecule has 0 saturated carbocycles. The third-order valence-corrected chi connectivity index (χ3v) is 3.70. The Morgan fingerprint density at radius 3 is 2.32 bits per heavy atom. The van der Waals surface area contributed by atoms with Crippen LogP contribution in [0.25, 0.3) is 0 Å². The molecule has 1 aromatic carbocycles. The molecule has 0 spiro atoms. The average Bonchev–Trinajstić information content (AvgIpc) is 2.79. The Morgan fingerprint density at radius 2 is 1.68 bits per heavy atom. The molecule has 1 aliphatic heterocycles. The van der Waals surface area contributed by atoms with Gasteiger partial charge in [0.15, 0.2) is 0 Å². The summed E-state index contributed by atoms with van der Waals surface area (Å²) in [5.74, 6) is 0. The summed E-state index contributed by atoms with van der Waals surface area (Å²) in [5, 5.41) is 0. The molecule has 0 atom stereocenters. The van der Waals surface area contributed by atoms with E-state index in [0.717, 1.165) is 32.7 Å². The van der Waals surface area contributed by atoms with Gasteiger partial charge >= 0.3 is 0 Å². The van der Waals surface area contributed by atoms with Gasteiger partial charge in [0.25, 0.3) is 0 Å². The normalized spacial score (nSPS) is 14.5. The highest BCUT2D eigenvalue weighted by molar-refractivity contribution is 5.37. The van der Waals surface area contributed by atoms with Crippen molar-refractivity contribution in [2.24, 2.45) is 5.73 Å². The second-order valence-electron chi connectivity index (χ2n) is 5.52. The fourth-order valence-corrected chi connectivity index (χ4v) is 2.72. The van der Waals surface area contributed by atoms with Crippen LogP contribution in [-0.2, 0) is 6.54 Å². The lowest BCUT2D eigenvalue weighted by atomic mass is 9.99. The molecule has 2 rings (SSSR count). The summed E-state index contributed by atoms with van der Waals surface area (Å²) < 4.78 is 0. The zero-order valence-corrected chi connectivity index (χ0v) is 12.3. The minimum Gasteiger partial charge on any atom is -0.359 e. The van der Waals surface area contributed by atoms with Gasteiger partial charge in [-0.05, 0) is 50.4 Å². The predicted octanol–water partition coefficient (Wildman–Crippen LogP) is 2.51. The van der Waals surface area contributed by atoms with Crippen LogP contribution < -0.4 is 5.73 Å². The highest BCUT2D eigenvalue weighted by atomic mass is 15.3. The summed E-state index contributed by atoms with van der Waals surface area (Å²) in [4.78, 5) is 4.69. The van der Waals surface area contributed by atoms with E-state index in [0.29, 0.717) is 0 Å². The number of nitrogens with two attached hydrogens (primary N) is 1. The van der Waals surface area contributed by atoms with Crippen molar-refractivity contribution in [1.82, 2.24) is 9.80 Å². The van der Waals surface area contributed by atoms with Crippen molar-refractivity contribution in [3.63, 3.8) is 0 Å². The van der Waals surface area contributed by atoms with Gasteiger partial charge in [-0.15, -0.1) is 0 Å². The highest BCUT2D eigenvalue weighted by Crippen LogP contribution is 2.20. The number of nitrogens with zero attached hydrogens (tertiary/aromatic N) is 2. The number of rotatable bonds is 5. The van der Waals surface area contributed by atoms with Gasteiger partial charge in [0, 0.05) is 25.5 Å². The predicted molar refractivity (Wildman–Crippen MR) is 80.6 cm³/mol. The maximum Gasteiger partial charge on any atom is 0.0897 e. The first kappa shape index (κ1) is 13.9. The van der Waals surface area contributed by atoms with Crippen LogP contribution in [0.15, 0.2) is 24.5 Å². The topological polar surface area (TPSA) is 32.5 Å². The lowest BCUT2D eigenvalue weighted by Crippen LogP contribution is -2.27. The Balaban J connectivity index is 1.98. The second kappa shape index (κ2) is 6.11. The lowest BCUT2D eigenvalue weighted by Gasteiger charge is -2.23. The van der Waals surface area contributed by atoms with E-state index in [-0.39, 0.29) is 0 Å². The van der Waals surface area contributed by atoms with Crippen LogP contribution in [0.3, 0.4) is 0 Å². The first-order chi connectivity index (χ1) is 9.10. The zero-order chi connectivity index (χ0) is 13.8. The van der Waals surface area contributed by atoms with Gasteiger partial charge < -0.3 is 15.5 Å². The van der Waals surface area contributed by atoms with Crippen molar-refractivity contribution in [3.8, 4) is 0 Å². The number of aryl methyl sites for hydroxylation is 3. The maximum absolute atomic E-state index is 5.55. The number of hydrogen-bond acceptors (Lipinski definition) is 3. The molecule has 1 heterocycles. The molecule has 0 amide bonds. The van der Waals surface area contributed by atoms with Gasteiger partial charge in [-0.2, -0.15) is 0 Å². The first-order valence-electron chi connectivity index (χ1n) is 7.03. The molecule has 0 aromatic heterocycles. The Kier molecular flexibility index (Phi) is 4.48. The van der Waals surface area contributed by atoms with Gasteiger partial charge in [0.1, 0.15) is 0 Å². The van der Waals surface area contributed by atoms with Crippen molar-refractivity contribution in [1.29, 1.82) is 0 Å². The van der Waals surface area contributed by atoms with Crippen molar-refractivity contribution >= 4 is 0 Å². The van der Waals surface area contributed by atoms with E-state index in [1.54, 1.807) is 0 Å². The molecule has 0 fully saturated rings. The minimum absolute atomic E-state index is 0.764. The van der Waals surface area contributed by atoms with Gasteiger partial charge in [-0.1, -0.05) is 17.7 Å². The van der Waals surface area contributed by atoms with Crippen LogP contribution in [0.1, 0.15) is 28.7 Å². The lowest BCUT2D eigenvalue weighted by molar-refractivity contribution is 0.258. The smallest absolute Gasteiger partial charge is 0.0897 e. The molecule has 1 aliphatic rings. The number of hydrogen-bond donors (Lipinski definition) is 1. The summed E-state index contributed by atoms with van der Waals surface area (Å²) in [6.07, 6.45) is 5.42. The van der Waals surface area contributed by atoms with Crippen LogP contribution in [0, 0.1) is 20.8 Å². The minimum atomic E-state index is 0.764. The van der Waals surface area contributed by atoms with Crippen LogP contribution in [0.5, 0.6) is 0 Å². The van der Waals surface area contributed by atoms with Crippen molar-refractivity contribution in [3.05, 3.63) is 46.8 Å². The molecule has 3 nitrogen and oxygen atoms in total. The monoisotopic (exact) mass is 259 g/mol. The van der Waals surface area contributed by atoms with E-state index in [2.05, 4.69) is 55.1 Å². The molecular formula is C16H25N3. The molecule has 104 valence electrons. The maximum atomic E-state index is 5.55. The molecule has 0 unspecified atom stereocenters. The molecule has 0 bridgehead atoms. The third-order valence-electron chi connectivity index (χ3n) is 3.70. The molecule has 2 N–H and O–H groups in total. The molecular weight excluding hydrogens is 234 g/mol. The summed E-state index contributed by atoms with van der Waals surface area (Å²) in [7, 11) is 0. The van der Waals surface area contributed by atoms with Crippen molar-refractivity contribution in [2.45, 2.75) is 33.7 Å². The SMILES string of the molecule is Cc1cc(C)c(CN2C=CN(CCCN)C2)c(C)c1. The fourth-order valence-electron chi connectivity index (χ4n) is 2.72. The first-order valence-corrected chi connectivity index (χ1v) is 7.03. The van der Waals surface area contributed by atoms with E-state index in [9.17, 15) is 0 Å². The van der Waals surface area contributed by atoms with Gasteiger partial charge in [-0.25, -0.2) is 0 Å². The molecule has 0 radical (unpaired) electrons. The Hall–Kier alpha value is -1.48. The highest BCUT2D eigenvalue weighted by Gasteiger charge is 2.14. The zero-order valence-electron chi connectivity index (χ0n) is 12.3. The van der Waals surface area contributed by atoms with E-state index in [4.69, 9.17) is 5.73 Å². The summed E-state index contributed by atoms with van der Waals surface area (Å²) in [6, 6.07) is 4.54. The Labute approximate surface area is 116 Å². The van der Waals surface area contributed by atoms with Crippen LogP contribution in [-0.4, -0.2) is 29.6 Å². The van der Waals surface area contributed by atoms with Crippen molar-refractivity contribution < 1.29 is 0 Å². The van der Waals surface area contributed by atoms with E-state index in [1.165, 1.54) is 22.3 Å². The van der Waals surface area contributed by atoms with E-state index >= 15 is 0 Å². The van der Waals surface area contributed by atoms with Crippen molar-refractivity contribution in [2.75, 3.05) is 19.8 Å². The molecule has 19 heavy (non-hydrogen) atoms. The summed E-state index contributed by atoms with van der Waals surface area (Å²) in [5.41, 5.74) is 11.1. The van der Waals surface area contributed by atoms with Crippen LogP contribution >= 0.6 is 0 Å². The third kappa shape index (κ3) is 3.51. The van der Waals surface area contributed by atoms with Gasteiger partial charge in [0.2, 0.25) is 0 Å². The van der Waals surface area contributed by atoms with Gasteiger partial charge in [-0.3, -0.25) is 0 Å². The number of benzene rings is 1.